The quantitative estimate of drug-likeness (QED) is 0.278. The molecule has 0 radical (unpaired) electrons. The van der Waals surface area contributed by atoms with Crippen LogP contribution in [0.4, 0.5) is 13.2 Å². The summed E-state index contributed by atoms with van der Waals surface area (Å²) in [4.78, 5) is 15.3. The molecule has 1 aliphatic heterocycles. The van der Waals surface area contributed by atoms with Crippen LogP contribution in [-0.4, -0.2) is 38.9 Å². The van der Waals surface area contributed by atoms with Crippen LogP contribution in [0, 0.1) is 0 Å². The van der Waals surface area contributed by atoms with Crippen molar-refractivity contribution in [1.29, 1.82) is 0 Å². The van der Waals surface area contributed by atoms with Gasteiger partial charge in [0.1, 0.15) is 0 Å². The molecule has 2 atom stereocenters. The van der Waals surface area contributed by atoms with Gasteiger partial charge in [-0.05, 0) is 91.2 Å². The van der Waals surface area contributed by atoms with E-state index in [-0.39, 0.29) is 18.4 Å². The van der Waals surface area contributed by atoms with Crippen LogP contribution in [0.25, 0.3) is 5.57 Å². The van der Waals surface area contributed by atoms with Gasteiger partial charge in [-0.3, -0.25) is 9.69 Å². The lowest BCUT2D eigenvalue weighted by Crippen LogP contribution is -2.36. The van der Waals surface area contributed by atoms with Gasteiger partial charge in [0.05, 0.1) is 22.5 Å². The molecule has 1 heterocycles. The number of carbonyl (C=O) groups excluding carboxylic acids is 1. The molecule has 2 aliphatic rings. The van der Waals surface area contributed by atoms with Crippen molar-refractivity contribution in [3.8, 4) is 0 Å². The summed E-state index contributed by atoms with van der Waals surface area (Å²) < 4.78 is 68.6. The molecule has 1 saturated heterocycles. The zero-order valence-electron chi connectivity index (χ0n) is 23.9. The fourth-order valence-electron chi connectivity index (χ4n) is 5.93. The lowest BCUT2D eigenvalue weighted by atomic mass is 9.85. The van der Waals surface area contributed by atoms with E-state index in [1.165, 1.54) is 18.4 Å². The Kier molecular flexibility index (Phi) is 9.39. The van der Waals surface area contributed by atoms with E-state index in [9.17, 15) is 26.4 Å². The molecular weight excluding hydrogens is 575 g/mol. The molecule has 1 unspecified atom stereocenters. The number of halogens is 3. The van der Waals surface area contributed by atoms with Gasteiger partial charge >= 0.3 is 6.18 Å². The van der Waals surface area contributed by atoms with Crippen LogP contribution in [0.15, 0.2) is 84.3 Å². The van der Waals surface area contributed by atoms with Crippen molar-refractivity contribution in [3.63, 3.8) is 0 Å². The van der Waals surface area contributed by atoms with Gasteiger partial charge in [0.25, 0.3) is 0 Å². The molecule has 0 bridgehead atoms. The van der Waals surface area contributed by atoms with Crippen molar-refractivity contribution in [2.24, 2.45) is 0 Å². The first kappa shape index (κ1) is 31.0. The topological polar surface area (TPSA) is 78.5 Å². The molecule has 1 fully saturated rings. The van der Waals surface area contributed by atoms with E-state index in [1.54, 1.807) is 30.3 Å². The fourth-order valence-corrected chi connectivity index (χ4v) is 7.20. The zero-order chi connectivity index (χ0) is 30.6. The van der Waals surface area contributed by atoms with Crippen LogP contribution < -0.4 is 10.0 Å². The number of hydrogen-bond donors (Lipinski definition) is 2. The number of aryl methyl sites for hydroxylation is 1. The Labute approximate surface area is 251 Å². The van der Waals surface area contributed by atoms with Crippen LogP contribution in [0.2, 0.25) is 0 Å². The molecule has 3 aromatic rings. The number of sulfonamides is 1. The fraction of sp³-hybridized carbons (Fsp3) is 0.364. The van der Waals surface area contributed by atoms with E-state index in [1.807, 2.05) is 0 Å². The second-order valence-corrected chi connectivity index (χ2v) is 13.0. The van der Waals surface area contributed by atoms with E-state index in [2.05, 4.69) is 39.7 Å². The Bertz CT molecular complexity index is 1570. The van der Waals surface area contributed by atoms with Crippen LogP contribution in [0.1, 0.15) is 72.0 Å². The Morgan fingerprint density at radius 2 is 1.72 bits per heavy atom. The van der Waals surface area contributed by atoms with Gasteiger partial charge in [-0.25, -0.2) is 13.1 Å². The molecule has 5 rings (SSSR count). The average molecular weight is 612 g/mol. The van der Waals surface area contributed by atoms with Crippen molar-refractivity contribution in [3.05, 3.63) is 107 Å². The SMILES string of the molecule is C=C(CN1CCCC1)c1ccc2c(c1)CCCC2NC(=O)C[C@@H](NS(=O)(=O)c1cccc(C(F)(F)F)c1)c1ccccc1. The van der Waals surface area contributed by atoms with Gasteiger partial charge in [0.15, 0.2) is 0 Å². The van der Waals surface area contributed by atoms with Crippen molar-refractivity contribution in [2.75, 3.05) is 19.6 Å². The van der Waals surface area contributed by atoms with E-state index in [0.717, 1.165) is 73.8 Å². The smallest absolute Gasteiger partial charge is 0.349 e. The molecule has 0 saturated carbocycles. The maximum Gasteiger partial charge on any atom is 0.416 e. The lowest BCUT2D eigenvalue weighted by Gasteiger charge is -2.28. The maximum absolute atomic E-state index is 13.4. The van der Waals surface area contributed by atoms with Crippen LogP contribution >= 0.6 is 0 Å². The van der Waals surface area contributed by atoms with E-state index >= 15 is 0 Å². The molecule has 228 valence electrons. The third kappa shape index (κ3) is 7.74. The molecule has 1 amide bonds. The summed E-state index contributed by atoms with van der Waals surface area (Å²) in [5.41, 5.74) is 3.85. The molecule has 1 aliphatic carbocycles. The molecule has 43 heavy (non-hydrogen) atoms. The minimum Gasteiger partial charge on any atom is -0.349 e. The number of nitrogens with one attached hydrogen (secondary N) is 2. The first-order valence-electron chi connectivity index (χ1n) is 14.6. The zero-order valence-corrected chi connectivity index (χ0v) is 24.7. The largest absolute Gasteiger partial charge is 0.416 e. The van der Waals surface area contributed by atoms with E-state index in [4.69, 9.17) is 0 Å². The number of likely N-dealkylation sites (tertiary alicyclic amines) is 1. The van der Waals surface area contributed by atoms with Crippen LogP contribution in [0.5, 0.6) is 0 Å². The predicted octanol–water partition coefficient (Wildman–Crippen LogP) is 6.42. The van der Waals surface area contributed by atoms with Crippen LogP contribution in [-0.2, 0) is 27.4 Å². The second kappa shape index (κ2) is 13.0. The standard InChI is InChI=1S/C33H36F3N3O3S/c1-23(22-39-17-5-6-18-39)25-15-16-29-26(19-25)11-7-14-30(29)37-32(40)21-31(24-9-3-2-4-10-24)38-43(41,42)28-13-8-12-27(20-28)33(34,35)36/h2-4,8-10,12-13,15-16,19-20,30-31,38H,1,5-7,11,14,17-18,21-22H2,(H,37,40)/t30?,31-/m1/s1. The number of alkyl halides is 3. The third-order valence-corrected chi connectivity index (χ3v) is 9.64. The first-order chi connectivity index (χ1) is 20.5. The molecule has 0 aromatic heterocycles. The van der Waals surface area contributed by atoms with Crippen molar-refractivity contribution in [1.82, 2.24) is 14.9 Å². The van der Waals surface area contributed by atoms with Gasteiger partial charge in [0, 0.05) is 13.0 Å². The summed E-state index contributed by atoms with van der Waals surface area (Å²) in [5.74, 6) is -0.360. The van der Waals surface area contributed by atoms with Crippen molar-refractivity contribution < 1.29 is 26.4 Å². The third-order valence-electron chi connectivity index (χ3n) is 8.17. The minimum absolute atomic E-state index is 0.223. The monoisotopic (exact) mass is 611 g/mol. The van der Waals surface area contributed by atoms with Gasteiger partial charge in [0.2, 0.25) is 15.9 Å². The molecular formula is C33H36F3N3O3S. The first-order valence-corrected chi connectivity index (χ1v) is 16.0. The Morgan fingerprint density at radius 1 is 0.977 bits per heavy atom. The van der Waals surface area contributed by atoms with E-state index < -0.39 is 32.7 Å². The summed E-state index contributed by atoms with van der Waals surface area (Å²) in [6, 6.07) is 17.2. The number of carbonyl (C=O) groups is 1. The summed E-state index contributed by atoms with van der Waals surface area (Å²) in [5, 5.41) is 3.08. The highest BCUT2D eigenvalue weighted by atomic mass is 32.2. The van der Waals surface area contributed by atoms with Crippen molar-refractivity contribution >= 4 is 21.5 Å². The predicted molar refractivity (Wildman–Crippen MR) is 161 cm³/mol. The summed E-state index contributed by atoms with van der Waals surface area (Å²) in [6.45, 7) is 7.35. The molecule has 10 heteroatoms. The summed E-state index contributed by atoms with van der Waals surface area (Å²) in [7, 11) is -4.38. The Morgan fingerprint density at radius 3 is 2.44 bits per heavy atom. The van der Waals surface area contributed by atoms with Gasteiger partial charge in [-0.15, -0.1) is 0 Å². The number of amides is 1. The Hall–Kier alpha value is -3.47. The second-order valence-electron chi connectivity index (χ2n) is 11.3. The highest BCUT2D eigenvalue weighted by Crippen LogP contribution is 2.33. The number of nitrogens with zero attached hydrogens (tertiary/aromatic N) is 1. The highest BCUT2D eigenvalue weighted by Gasteiger charge is 2.33. The summed E-state index contributed by atoms with van der Waals surface area (Å²) >= 11 is 0. The lowest BCUT2D eigenvalue weighted by molar-refractivity contribution is -0.137. The molecule has 3 aromatic carbocycles. The van der Waals surface area contributed by atoms with Gasteiger partial charge in [-0.1, -0.05) is 61.2 Å². The van der Waals surface area contributed by atoms with Gasteiger partial charge < -0.3 is 5.32 Å². The average Bonchev–Trinajstić information content (AvgIpc) is 3.50. The molecule has 6 nitrogen and oxygen atoms in total. The number of benzene rings is 3. The molecule has 0 spiro atoms. The summed E-state index contributed by atoms with van der Waals surface area (Å²) in [6.07, 6.45) is 0.0631. The normalized spacial score (nSPS) is 18.2. The number of fused-ring (bicyclic) bond motifs is 1. The minimum atomic E-state index is -4.69. The van der Waals surface area contributed by atoms with E-state index in [0.29, 0.717) is 11.6 Å². The highest BCUT2D eigenvalue weighted by molar-refractivity contribution is 7.89. The number of hydrogen-bond acceptors (Lipinski definition) is 4. The maximum atomic E-state index is 13.4. The number of rotatable bonds is 10. The van der Waals surface area contributed by atoms with Crippen molar-refractivity contribution in [2.45, 2.75) is 61.7 Å². The molecule has 2 N–H and O–H groups in total. The van der Waals surface area contributed by atoms with Crippen LogP contribution in [0.3, 0.4) is 0 Å². The Balaban J connectivity index is 1.30. The van der Waals surface area contributed by atoms with Gasteiger partial charge in [-0.2, -0.15) is 13.2 Å².